The smallest absolute Gasteiger partial charge is 0.352 e. The minimum Gasteiger partial charge on any atom is -0.497 e. The molecule has 0 aliphatic heterocycles. The van der Waals surface area contributed by atoms with Gasteiger partial charge in [-0.3, -0.25) is 9.36 Å². The Balaban J connectivity index is 1.98. The molecule has 1 aromatic carbocycles. The molecule has 0 unspecified atom stereocenters. The maximum Gasteiger partial charge on any atom is 0.352 e. The van der Waals surface area contributed by atoms with Gasteiger partial charge in [-0.15, -0.1) is 11.3 Å². The van der Waals surface area contributed by atoms with Crippen LogP contribution < -0.4 is 10.4 Å². The van der Waals surface area contributed by atoms with E-state index in [0.29, 0.717) is 17.1 Å². The van der Waals surface area contributed by atoms with Crippen LogP contribution in [0, 0.1) is 6.92 Å². The van der Waals surface area contributed by atoms with Gasteiger partial charge >= 0.3 is 5.69 Å². The average Bonchev–Trinajstić information content (AvgIpc) is 3.23. The number of hydrogen-bond acceptors (Lipinski definition) is 6. The predicted molar refractivity (Wildman–Crippen MR) is 94.9 cm³/mol. The van der Waals surface area contributed by atoms with Crippen LogP contribution in [0.15, 0.2) is 35.4 Å². The lowest BCUT2D eigenvalue weighted by atomic mass is 10.2. The van der Waals surface area contributed by atoms with Gasteiger partial charge in [0.1, 0.15) is 16.9 Å². The summed E-state index contributed by atoms with van der Waals surface area (Å²) in [5.74, 6) is 0.753. The topological polar surface area (TPSA) is 78.5 Å². The van der Waals surface area contributed by atoms with Crippen molar-refractivity contribution in [2.45, 2.75) is 13.5 Å². The Morgan fingerprint density at radius 1 is 1.28 bits per heavy atom. The Kier molecular flexibility index (Phi) is 3.61. The molecule has 3 heterocycles. The van der Waals surface area contributed by atoms with Gasteiger partial charge in [0.05, 0.1) is 23.9 Å². The van der Waals surface area contributed by atoms with Gasteiger partial charge in [-0.05, 0) is 30.2 Å². The van der Waals surface area contributed by atoms with E-state index in [1.54, 1.807) is 11.7 Å². The summed E-state index contributed by atoms with van der Waals surface area (Å²) in [4.78, 5) is 29.7. The maximum atomic E-state index is 12.9. The SMILES string of the molecule is COc1ccc(Cn2c(=O)n3ncnc3c3c(C)c(C=O)sc32)cc1. The van der Waals surface area contributed by atoms with Gasteiger partial charge in [0.2, 0.25) is 0 Å². The van der Waals surface area contributed by atoms with Gasteiger partial charge in [-0.1, -0.05) is 12.1 Å². The van der Waals surface area contributed by atoms with Crippen molar-refractivity contribution in [1.82, 2.24) is 19.2 Å². The van der Waals surface area contributed by atoms with Gasteiger partial charge in [-0.25, -0.2) is 9.78 Å². The molecule has 0 saturated carbocycles. The molecule has 25 heavy (non-hydrogen) atoms. The Bertz CT molecular complexity index is 1150. The molecule has 0 bridgehead atoms. The van der Waals surface area contributed by atoms with E-state index in [-0.39, 0.29) is 5.69 Å². The molecule has 126 valence electrons. The van der Waals surface area contributed by atoms with Crippen molar-refractivity contribution in [2.75, 3.05) is 7.11 Å². The molecule has 0 aliphatic carbocycles. The van der Waals surface area contributed by atoms with E-state index in [4.69, 9.17) is 4.74 Å². The van der Waals surface area contributed by atoms with Crippen molar-refractivity contribution in [3.63, 3.8) is 0 Å². The number of carbonyl (C=O) groups is 1. The molecule has 0 fully saturated rings. The van der Waals surface area contributed by atoms with Crippen molar-refractivity contribution in [3.05, 3.63) is 57.1 Å². The van der Waals surface area contributed by atoms with Gasteiger partial charge in [0.25, 0.3) is 0 Å². The van der Waals surface area contributed by atoms with Crippen molar-refractivity contribution in [3.8, 4) is 5.75 Å². The van der Waals surface area contributed by atoms with E-state index >= 15 is 0 Å². The summed E-state index contributed by atoms with van der Waals surface area (Å²) in [6.45, 7) is 2.23. The second kappa shape index (κ2) is 5.82. The lowest BCUT2D eigenvalue weighted by Gasteiger charge is -2.09. The van der Waals surface area contributed by atoms with Gasteiger partial charge < -0.3 is 4.74 Å². The summed E-state index contributed by atoms with van der Waals surface area (Å²) < 4.78 is 8.07. The second-order valence-electron chi connectivity index (χ2n) is 5.60. The van der Waals surface area contributed by atoms with Crippen LogP contribution in [0.3, 0.4) is 0 Å². The van der Waals surface area contributed by atoms with Crippen molar-refractivity contribution >= 4 is 33.5 Å². The molecule has 4 rings (SSSR count). The van der Waals surface area contributed by atoms with Crippen LogP contribution in [-0.4, -0.2) is 32.6 Å². The minimum atomic E-state index is -0.283. The number of methoxy groups -OCH3 is 1. The fourth-order valence-electron chi connectivity index (χ4n) is 2.89. The van der Waals surface area contributed by atoms with E-state index in [9.17, 15) is 9.59 Å². The monoisotopic (exact) mass is 354 g/mol. The van der Waals surface area contributed by atoms with E-state index in [0.717, 1.165) is 33.4 Å². The van der Waals surface area contributed by atoms with E-state index < -0.39 is 0 Å². The summed E-state index contributed by atoms with van der Waals surface area (Å²) in [7, 11) is 1.61. The number of rotatable bonds is 4. The van der Waals surface area contributed by atoms with Gasteiger partial charge in [-0.2, -0.15) is 9.61 Å². The second-order valence-corrected chi connectivity index (χ2v) is 6.63. The molecular weight excluding hydrogens is 340 g/mol. The number of aryl methyl sites for hydroxylation is 1. The first-order chi connectivity index (χ1) is 12.1. The fourth-order valence-corrected chi connectivity index (χ4v) is 4.00. The maximum absolute atomic E-state index is 12.9. The molecule has 0 spiro atoms. The zero-order valence-electron chi connectivity index (χ0n) is 13.6. The lowest BCUT2D eigenvalue weighted by molar-refractivity contribution is 0.112. The lowest BCUT2D eigenvalue weighted by Crippen LogP contribution is -2.27. The third-order valence-corrected chi connectivity index (χ3v) is 5.44. The molecule has 0 amide bonds. The summed E-state index contributed by atoms with van der Waals surface area (Å²) >= 11 is 1.30. The first kappa shape index (κ1) is 15.5. The van der Waals surface area contributed by atoms with Crippen LogP contribution in [0.1, 0.15) is 20.8 Å². The number of aromatic nitrogens is 4. The highest BCUT2D eigenvalue weighted by Gasteiger charge is 2.19. The number of nitrogens with zero attached hydrogens (tertiary/aromatic N) is 4. The number of ether oxygens (including phenoxy) is 1. The molecule has 8 heteroatoms. The quantitative estimate of drug-likeness (QED) is 0.526. The Morgan fingerprint density at radius 2 is 2.04 bits per heavy atom. The number of benzene rings is 1. The number of aldehydes is 1. The van der Waals surface area contributed by atoms with E-state index in [1.807, 2.05) is 31.2 Å². The molecule has 0 atom stereocenters. The molecule has 0 aliphatic rings. The van der Waals surface area contributed by atoms with Crippen LogP contribution in [0.25, 0.3) is 15.9 Å². The Morgan fingerprint density at radius 3 is 2.72 bits per heavy atom. The van der Waals surface area contributed by atoms with Crippen molar-refractivity contribution < 1.29 is 9.53 Å². The normalized spacial score (nSPS) is 11.3. The average molecular weight is 354 g/mol. The van der Waals surface area contributed by atoms with Gasteiger partial charge in [0.15, 0.2) is 11.9 Å². The molecular formula is C17H14N4O3S. The zero-order valence-corrected chi connectivity index (χ0v) is 14.4. The summed E-state index contributed by atoms with van der Waals surface area (Å²) in [5.41, 5.74) is 1.96. The summed E-state index contributed by atoms with van der Waals surface area (Å²) in [5, 5.41) is 4.83. The Labute approximate surface area is 146 Å². The van der Waals surface area contributed by atoms with Crippen molar-refractivity contribution in [2.24, 2.45) is 0 Å². The molecule has 0 N–H and O–H groups in total. The molecule has 3 aromatic heterocycles. The van der Waals surface area contributed by atoms with E-state index in [2.05, 4.69) is 10.1 Å². The highest BCUT2D eigenvalue weighted by atomic mass is 32.1. The molecule has 0 radical (unpaired) electrons. The summed E-state index contributed by atoms with van der Waals surface area (Å²) in [6, 6.07) is 7.51. The van der Waals surface area contributed by atoms with Crippen LogP contribution in [0.4, 0.5) is 0 Å². The number of hydrogen-bond donors (Lipinski definition) is 0. The van der Waals surface area contributed by atoms with Crippen LogP contribution >= 0.6 is 11.3 Å². The molecule has 4 aromatic rings. The standard InChI is InChI=1S/C17H14N4O3S/c1-10-13(8-22)25-16-14(10)15-18-9-19-21(15)17(23)20(16)7-11-3-5-12(24-2)6-4-11/h3-6,8-9H,7H2,1-2H3. The highest BCUT2D eigenvalue weighted by Crippen LogP contribution is 2.31. The fraction of sp³-hybridized carbons (Fsp3) is 0.176. The number of carbonyl (C=O) groups excluding carboxylic acids is 1. The highest BCUT2D eigenvalue weighted by molar-refractivity contribution is 7.20. The first-order valence-corrected chi connectivity index (χ1v) is 8.39. The summed E-state index contributed by atoms with van der Waals surface area (Å²) in [6.07, 6.45) is 2.17. The molecule has 7 nitrogen and oxygen atoms in total. The predicted octanol–water partition coefficient (Wildman–Crippen LogP) is 2.28. The zero-order chi connectivity index (χ0) is 17.6. The van der Waals surface area contributed by atoms with Crippen LogP contribution in [-0.2, 0) is 6.54 Å². The van der Waals surface area contributed by atoms with Crippen molar-refractivity contribution in [1.29, 1.82) is 0 Å². The number of fused-ring (bicyclic) bond motifs is 3. The van der Waals surface area contributed by atoms with Gasteiger partial charge in [0, 0.05) is 0 Å². The van der Waals surface area contributed by atoms with Crippen LogP contribution in [0.2, 0.25) is 0 Å². The Hall–Kier alpha value is -3.00. The number of thiophene rings is 1. The minimum absolute atomic E-state index is 0.283. The van der Waals surface area contributed by atoms with Crippen LogP contribution in [0.5, 0.6) is 5.75 Å². The third kappa shape index (κ3) is 2.33. The van der Waals surface area contributed by atoms with E-state index in [1.165, 1.54) is 22.2 Å². The first-order valence-electron chi connectivity index (χ1n) is 7.57. The molecule has 0 saturated heterocycles. The third-order valence-electron chi connectivity index (χ3n) is 4.20. The largest absolute Gasteiger partial charge is 0.497 e.